The van der Waals surface area contributed by atoms with E-state index in [1.54, 1.807) is 20.9 Å². The van der Waals surface area contributed by atoms with Gasteiger partial charge in [0.1, 0.15) is 19.3 Å². The molecule has 2 aromatic rings. The summed E-state index contributed by atoms with van der Waals surface area (Å²) >= 11 is 0. The molecular weight excluding hydrogens is 506 g/mol. The molecular formula is C32H45N3O5. The lowest BCUT2D eigenvalue weighted by atomic mass is 9.92. The Bertz CT molecular complexity index is 1140. The molecule has 218 valence electrons. The molecule has 8 nitrogen and oxygen atoms in total. The first-order valence-corrected chi connectivity index (χ1v) is 14.3. The number of para-hydroxylation sites is 1. The van der Waals surface area contributed by atoms with Gasteiger partial charge in [-0.15, -0.1) is 0 Å². The highest BCUT2D eigenvalue weighted by molar-refractivity contribution is 6.02. The molecule has 2 atom stereocenters. The Balaban J connectivity index is 1.73. The summed E-state index contributed by atoms with van der Waals surface area (Å²) in [6, 6.07) is 14.4. The highest BCUT2D eigenvalue weighted by Gasteiger charge is 2.41. The molecule has 1 fully saturated rings. The maximum absolute atomic E-state index is 14.1. The molecule has 2 amide bonds. The summed E-state index contributed by atoms with van der Waals surface area (Å²) in [6.45, 7) is 9.66. The Morgan fingerprint density at radius 1 is 1.02 bits per heavy atom. The third kappa shape index (κ3) is 8.23. The monoisotopic (exact) mass is 551 g/mol. The minimum absolute atomic E-state index is 0.0155. The van der Waals surface area contributed by atoms with Gasteiger partial charge in [-0.1, -0.05) is 75.1 Å². The summed E-state index contributed by atoms with van der Waals surface area (Å²) < 4.78 is 10.6. The van der Waals surface area contributed by atoms with Crippen LogP contribution in [0.1, 0.15) is 81.3 Å². The maximum Gasteiger partial charge on any atom is 0.508 e. The first-order valence-electron chi connectivity index (χ1n) is 14.3. The Hall–Kier alpha value is -3.55. The first kappa shape index (κ1) is 31.0. The van der Waals surface area contributed by atoms with Crippen LogP contribution in [0.2, 0.25) is 0 Å². The van der Waals surface area contributed by atoms with Gasteiger partial charge in [-0.3, -0.25) is 9.59 Å². The van der Waals surface area contributed by atoms with Crippen molar-refractivity contribution < 1.29 is 23.9 Å². The van der Waals surface area contributed by atoms with Gasteiger partial charge in [0.2, 0.25) is 5.91 Å². The van der Waals surface area contributed by atoms with Gasteiger partial charge in [0.15, 0.2) is 0 Å². The third-order valence-electron chi connectivity index (χ3n) is 7.62. The van der Waals surface area contributed by atoms with Crippen molar-refractivity contribution in [2.45, 2.75) is 91.0 Å². The number of anilines is 1. The number of carbonyl (C=O) groups excluding carboxylic acids is 3. The highest BCUT2D eigenvalue weighted by atomic mass is 16.7. The molecule has 2 unspecified atom stereocenters. The number of amides is 2. The highest BCUT2D eigenvalue weighted by Crippen LogP contribution is 2.31. The summed E-state index contributed by atoms with van der Waals surface area (Å²) in [5, 5.41) is 6.18. The van der Waals surface area contributed by atoms with Gasteiger partial charge in [-0.05, 0) is 57.2 Å². The van der Waals surface area contributed by atoms with Crippen molar-refractivity contribution in [1.82, 2.24) is 10.2 Å². The number of hydrogen-bond acceptors (Lipinski definition) is 6. The van der Waals surface area contributed by atoms with E-state index < -0.39 is 17.7 Å². The summed E-state index contributed by atoms with van der Waals surface area (Å²) in [6.07, 6.45) is 3.72. The molecule has 40 heavy (non-hydrogen) atoms. The number of hydrogen-bond donors (Lipinski definition) is 2. The minimum Gasteiger partial charge on any atom is -0.432 e. The molecule has 0 bridgehead atoms. The maximum atomic E-state index is 14.1. The molecule has 8 heteroatoms. The van der Waals surface area contributed by atoms with E-state index in [4.69, 9.17) is 9.47 Å². The van der Waals surface area contributed by atoms with Crippen LogP contribution in [0.25, 0.3) is 0 Å². The lowest BCUT2D eigenvalue weighted by Crippen LogP contribution is -2.60. The molecule has 0 spiro atoms. The summed E-state index contributed by atoms with van der Waals surface area (Å²) in [5.74, 6) is -0.480. The fourth-order valence-corrected chi connectivity index (χ4v) is 5.16. The van der Waals surface area contributed by atoms with E-state index in [1.165, 1.54) is 0 Å². The lowest BCUT2D eigenvalue weighted by Gasteiger charge is -2.40. The molecule has 2 N–H and O–H groups in total. The van der Waals surface area contributed by atoms with E-state index in [9.17, 15) is 14.4 Å². The first-order chi connectivity index (χ1) is 19.1. The number of nitrogens with one attached hydrogen (secondary N) is 2. The van der Waals surface area contributed by atoms with Crippen molar-refractivity contribution in [3.63, 3.8) is 0 Å². The van der Waals surface area contributed by atoms with Crippen LogP contribution in [0.4, 0.5) is 10.5 Å². The van der Waals surface area contributed by atoms with Crippen molar-refractivity contribution in [3.05, 3.63) is 65.2 Å². The van der Waals surface area contributed by atoms with Gasteiger partial charge in [-0.25, -0.2) is 4.79 Å². The number of nitrogens with zero attached hydrogens (tertiary/aromatic N) is 1. The van der Waals surface area contributed by atoms with Gasteiger partial charge in [0.25, 0.3) is 5.91 Å². The predicted octanol–water partition coefficient (Wildman–Crippen LogP) is 6.08. The Morgan fingerprint density at radius 3 is 2.30 bits per heavy atom. The molecule has 0 radical (unpaired) electrons. The Labute approximate surface area is 238 Å². The van der Waals surface area contributed by atoms with E-state index in [0.29, 0.717) is 5.56 Å². The minimum atomic E-state index is -0.876. The largest absolute Gasteiger partial charge is 0.508 e. The second-order valence-electron chi connectivity index (χ2n) is 11.5. The van der Waals surface area contributed by atoms with E-state index in [0.717, 1.165) is 48.9 Å². The zero-order chi connectivity index (χ0) is 29.3. The van der Waals surface area contributed by atoms with E-state index in [2.05, 4.69) is 10.6 Å². The smallest absolute Gasteiger partial charge is 0.432 e. The number of carbonyl (C=O) groups is 3. The molecule has 1 aliphatic rings. The molecule has 0 aliphatic heterocycles. The average molecular weight is 552 g/mol. The van der Waals surface area contributed by atoms with Crippen LogP contribution >= 0.6 is 0 Å². The van der Waals surface area contributed by atoms with Crippen LogP contribution in [0.15, 0.2) is 48.5 Å². The second-order valence-corrected chi connectivity index (χ2v) is 11.5. The van der Waals surface area contributed by atoms with Crippen LogP contribution in [0.5, 0.6) is 0 Å². The van der Waals surface area contributed by atoms with Crippen LogP contribution in [0, 0.1) is 12.8 Å². The van der Waals surface area contributed by atoms with Gasteiger partial charge in [0.05, 0.1) is 11.1 Å². The quantitative estimate of drug-likeness (QED) is 0.310. The number of rotatable bonds is 12. The van der Waals surface area contributed by atoms with E-state index in [1.807, 2.05) is 74.2 Å². The molecule has 0 aromatic heterocycles. The third-order valence-corrected chi connectivity index (χ3v) is 7.62. The van der Waals surface area contributed by atoms with Crippen molar-refractivity contribution in [3.8, 4) is 0 Å². The van der Waals surface area contributed by atoms with Crippen LogP contribution < -0.4 is 10.6 Å². The zero-order valence-corrected chi connectivity index (χ0v) is 24.8. The number of aryl methyl sites for hydroxylation is 1. The predicted molar refractivity (Wildman–Crippen MR) is 157 cm³/mol. The lowest BCUT2D eigenvalue weighted by molar-refractivity contribution is -0.130. The fourth-order valence-electron chi connectivity index (χ4n) is 5.16. The summed E-state index contributed by atoms with van der Waals surface area (Å²) in [5.41, 5.74) is 2.40. The summed E-state index contributed by atoms with van der Waals surface area (Å²) in [7, 11) is 1.79. The number of benzene rings is 2. The SMILES string of the molecule is CCC(C)C(C(=O)NC(C)(C)COC(=O)OCc1ccc(C)cc1)N(C(=O)c1ccccc1NC)C1CCCC1. The normalized spacial score (nSPS) is 15.2. The van der Waals surface area contributed by atoms with E-state index >= 15 is 0 Å². The molecule has 0 saturated heterocycles. The van der Waals surface area contributed by atoms with Crippen LogP contribution in [-0.2, 0) is 20.9 Å². The standard InChI is InChI=1S/C32H45N3O5/c1-7-23(3)28(35(25-12-8-9-13-25)30(37)26-14-10-11-15-27(26)33-6)29(36)34-32(4,5)21-40-31(38)39-20-24-18-16-22(2)17-19-24/h10-11,14-19,23,25,28,33H,7-9,12-13,20-21H2,1-6H3,(H,34,36). The Morgan fingerprint density at radius 2 is 1.68 bits per heavy atom. The van der Waals surface area contributed by atoms with Gasteiger partial charge in [0, 0.05) is 18.8 Å². The van der Waals surface area contributed by atoms with E-state index in [-0.39, 0.29) is 37.0 Å². The van der Waals surface area contributed by atoms with Gasteiger partial charge in [-0.2, -0.15) is 0 Å². The number of ether oxygens (including phenoxy) is 2. The van der Waals surface area contributed by atoms with Crippen molar-refractivity contribution in [2.24, 2.45) is 5.92 Å². The molecule has 0 heterocycles. The molecule has 2 aromatic carbocycles. The zero-order valence-electron chi connectivity index (χ0n) is 24.8. The molecule has 1 aliphatic carbocycles. The van der Waals surface area contributed by atoms with Crippen molar-refractivity contribution in [1.29, 1.82) is 0 Å². The molecule has 3 rings (SSSR count). The van der Waals surface area contributed by atoms with Crippen molar-refractivity contribution in [2.75, 3.05) is 19.0 Å². The van der Waals surface area contributed by atoms with Gasteiger partial charge >= 0.3 is 6.16 Å². The average Bonchev–Trinajstić information content (AvgIpc) is 3.48. The van der Waals surface area contributed by atoms with Crippen LogP contribution in [-0.4, -0.2) is 54.1 Å². The fraction of sp³-hybridized carbons (Fsp3) is 0.531. The van der Waals surface area contributed by atoms with Gasteiger partial charge < -0.3 is 25.0 Å². The second kappa shape index (κ2) is 14.2. The summed E-state index contributed by atoms with van der Waals surface area (Å²) in [4.78, 5) is 42.1. The van der Waals surface area contributed by atoms with Crippen molar-refractivity contribution >= 4 is 23.7 Å². The Kier molecular flexibility index (Phi) is 11.0. The van der Waals surface area contributed by atoms with Crippen LogP contribution in [0.3, 0.4) is 0 Å². The topological polar surface area (TPSA) is 97.0 Å². The molecule has 1 saturated carbocycles.